The summed E-state index contributed by atoms with van der Waals surface area (Å²) < 4.78 is 0. The number of unbranched alkanes of at least 4 members (excludes halogenated alkanes) is 1. The van der Waals surface area contributed by atoms with Gasteiger partial charge in [0, 0.05) is 58.9 Å². The molecule has 7 nitrogen and oxygen atoms in total. The number of nitrogens with one attached hydrogen (secondary N) is 1. The van der Waals surface area contributed by atoms with Crippen molar-refractivity contribution >= 4 is 11.9 Å². The van der Waals surface area contributed by atoms with Crippen molar-refractivity contribution in [1.82, 2.24) is 24.9 Å². The molecule has 3 amide bonds. The average Bonchev–Trinajstić information content (AvgIpc) is 2.76. The van der Waals surface area contributed by atoms with E-state index in [4.69, 9.17) is 0 Å². The molecule has 0 aliphatic carbocycles. The number of urea groups is 1. The van der Waals surface area contributed by atoms with Crippen LogP contribution in [0.1, 0.15) is 24.0 Å². The van der Waals surface area contributed by atoms with Crippen molar-refractivity contribution in [3.05, 3.63) is 35.4 Å². The van der Waals surface area contributed by atoms with Crippen LogP contribution in [0.15, 0.2) is 24.3 Å². The Morgan fingerprint density at radius 2 is 1.50 bits per heavy atom. The van der Waals surface area contributed by atoms with Crippen LogP contribution in [0.4, 0.5) is 4.79 Å². The Morgan fingerprint density at radius 1 is 0.867 bits per heavy atom. The number of hydrogen-bond donors (Lipinski definition) is 1. The number of carbonyl (C=O) groups excluding carboxylic acids is 2. The van der Waals surface area contributed by atoms with E-state index < -0.39 is 0 Å². The van der Waals surface area contributed by atoms with Crippen LogP contribution in [0.25, 0.3) is 0 Å². The Kier molecular flexibility index (Phi) is 8.51. The third kappa shape index (κ3) is 6.99. The molecule has 0 atom stereocenters. The highest BCUT2D eigenvalue weighted by atomic mass is 16.2. The van der Waals surface area contributed by atoms with Crippen LogP contribution in [-0.2, 0) is 11.2 Å². The molecule has 1 aromatic rings. The smallest absolute Gasteiger partial charge is 0.317 e. The van der Waals surface area contributed by atoms with Gasteiger partial charge < -0.3 is 24.9 Å². The van der Waals surface area contributed by atoms with Gasteiger partial charge in [-0.25, -0.2) is 4.79 Å². The van der Waals surface area contributed by atoms with Crippen LogP contribution < -0.4 is 5.32 Å². The second-order valence-corrected chi connectivity index (χ2v) is 8.61. The van der Waals surface area contributed by atoms with E-state index in [0.29, 0.717) is 32.6 Å². The van der Waals surface area contributed by atoms with Gasteiger partial charge in [-0.3, -0.25) is 4.79 Å². The summed E-state index contributed by atoms with van der Waals surface area (Å²) in [7, 11) is 2.17. The van der Waals surface area contributed by atoms with Crippen LogP contribution in [-0.4, -0.2) is 104 Å². The van der Waals surface area contributed by atoms with Crippen molar-refractivity contribution in [2.75, 3.05) is 72.5 Å². The maximum Gasteiger partial charge on any atom is 0.317 e. The molecule has 0 spiro atoms. The fourth-order valence-electron chi connectivity index (χ4n) is 3.99. The molecular weight excluding hydrogens is 378 g/mol. The van der Waals surface area contributed by atoms with Gasteiger partial charge in [-0.05, 0) is 38.9 Å². The Hall–Kier alpha value is -2.12. The van der Waals surface area contributed by atoms with Crippen LogP contribution in [0.2, 0.25) is 0 Å². The summed E-state index contributed by atoms with van der Waals surface area (Å²) in [6.07, 6.45) is 2.55. The fourth-order valence-corrected chi connectivity index (χ4v) is 3.99. The molecule has 2 heterocycles. The molecule has 0 radical (unpaired) electrons. The predicted molar refractivity (Wildman–Crippen MR) is 120 cm³/mol. The van der Waals surface area contributed by atoms with Crippen molar-refractivity contribution in [2.24, 2.45) is 0 Å². The van der Waals surface area contributed by atoms with E-state index in [-0.39, 0.29) is 11.9 Å². The first-order chi connectivity index (χ1) is 14.5. The van der Waals surface area contributed by atoms with E-state index in [1.54, 1.807) is 0 Å². The molecule has 0 aromatic heterocycles. The Morgan fingerprint density at radius 3 is 2.17 bits per heavy atom. The molecule has 2 saturated heterocycles. The topological polar surface area (TPSA) is 59.1 Å². The molecule has 30 heavy (non-hydrogen) atoms. The Balaban J connectivity index is 1.27. The van der Waals surface area contributed by atoms with E-state index in [1.807, 2.05) is 41.0 Å². The second kappa shape index (κ2) is 11.3. The minimum Gasteiger partial charge on any atom is -0.339 e. The standard InChI is InChI=1S/C23H37N5O2/c1-20-5-7-21(8-6-20)19-22(29)27-15-17-28(18-16-27)23(30)24-9-3-4-10-26-13-11-25(2)12-14-26/h5-8H,3-4,9-19H2,1-2H3,(H,24,30). The summed E-state index contributed by atoms with van der Waals surface area (Å²) in [6.45, 7) is 10.9. The molecule has 2 aliphatic rings. The fraction of sp³-hybridized carbons (Fsp3) is 0.652. The molecule has 166 valence electrons. The van der Waals surface area contributed by atoms with Gasteiger partial charge in [0.2, 0.25) is 5.91 Å². The Bertz CT molecular complexity index is 677. The highest BCUT2D eigenvalue weighted by molar-refractivity contribution is 5.79. The highest BCUT2D eigenvalue weighted by Gasteiger charge is 2.24. The third-order valence-electron chi connectivity index (χ3n) is 6.17. The number of piperazine rings is 2. The minimum absolute atomic E-state index is 0.000214. The molecule has 0 bridgehead atoms. The number of benzene rings is 1. The van der Waals surface area contributed by atoms with Crippen molar-refractivity contribution in [2.45, 2.75) is 26.2 Å². The molecule has 2 aliphatic heterocycles. The second-order valence-electron chi connectivity index (χ2n) is 8.61. The highest BCUT2D eigenvalue weighted by Crippen LogP contribution is 2.09. The number of likely N-dealkylation sites (N-methyl/N-ethyl adjacent to an activating group) is 1. The zero-order valence-corrected chi connectivity index (χ0v) is 18.6. The first kappa shape index (κ1) is 22.6. The van der Waals surface area contributed by atoms with Crippen molar-refractivity contribution in [1.29, 1.82) is 0 Å². The summed E-state index contributed by atoms with van der Waals surface area (Å²) in [6, 6.07) is 8.10. The van der Waals surface area contributed by atoms with E-state index in [2.05, 4.69) is 22.2 Å². The summed E-state index contributed by atoms with van der Waals surface area (Å²) >= 11 is 0. The molecule has 7 heteroatoms. The number of rotatable bonds is 7. The first-order valence-corrected chi connectivity index (χ1v) is 11.3. The minimum atomic E-state index is 0.000214. The molecular formula is C23H37N5O2. The SMILES string of the molecule is Cc1ccc(CC(=O)N2CCN(C(=O)NCCCCN3CCN(C)CC3)CC2)cc1. The molecule has 1 aromatic carbocycles. The lowest BCUT2D eigenvalue weighted by Gasteiger charge is -2.35. The average molecular weight is 416 g/mol. The van der Waals surface area contributed by atoms with Crippen molar-refractivity contribution in [3.8, 4) is 0 Å². The van der Waals surface area contributed by atoms with Gasteiger partial charge >= 0.3 is 6.03 Å². The maximum absolute atomic E-state index is 12.5. The predicted octanol–water partition coefficient (Wildman–Crippen LogP) is 1.42. The van der Waals surface area contributed by atoms with E-state index in [9.17, 15) is 9.59 Å². The third-order valence-corrected chi connectivity index (χ3v) is 6.17. The number of aryl methyl sites for hydroxylation is 1. The molecule has 0 unspecified atom stereocenters. The quantitative estimate of drug-likeness (QED) is 0.685. The van der Waals surface area contributed by atoms with E-state index in [1.165, 1.54) is 5.56 Å². The number of amides is 3. The van der Waals surface area contributed by atoms with E-state index in [0.717, 1.165) is 57.7 Å². The summed E-state index contributed by atoms with van der Waals surface area (Å²) in [5, 5.41) is 3.04. The van der Waals surface area contributed by atoms with Gasteiger partial charge in [-0.2, -0.15) is 0 Å². The van der Waals surface area contributed by atoms with Crippen LogP contribution in [0.3, 0.4) is 0 Å². The first-order valence-electron chi connectivity index (χ1n) is 11.3. The monoisotopic (exact) mass is 415 g/mol. The van der Waals surface area contributed by atoms with Crippen LogP contribution in [0, 0.1) is 6.92 Å². The van der Waals surface area contributed by atoms with Crippen LogP contribution in [0.5, 0.6) is 0 Å². The van der Waals surface area contributed by atoms with Gasteiger partial charge in [0.1, 0.15) is 0 Å². The zero-order valence-electron chi connectivity index (χ0n) is 18.6. The normalized spacial score (nSPS) is 18.5. The lowest BCUT2D eigenvalue weighted by Crippen LogP contribution is -2.53. The van der Waals surface area contributed by atoms with Crippen LogP contribution >= 0.6 is 0 Å². The van der Waals surface area contributed by atoms with Crippen molar-refractivity contribution in [3.63, 3.8) is 0 Å². The lowest BCUT2D eigenvalue weighted by molar-refractivity contribution is -0.131. The number of nitrogens with zero attached hydrogens (tertiary/aromatic N) is 4. The maximum atomic E-state index is 12.5. The Labute approximate surface area is 181 Å². The van der Waals surface area contributed by atoms with Gasteiger partial charge in [-0.1, -0.05) is 29.8 Å². The zero-order chi connectivity index (χ0) is 21.3. The van der Waals surface area contributed by atoms with Gasteiger partial charge in [-0.15, -0.1) is 0 Å². The van der Waals surface area contributed by atoms with Gasteiger partial charge in [0.15, 0.2) is 0 Å². The summed E-state index contributed by atoms with van der Waals surface area (Å²) in [5.41, 5.74) is 2.24. The van der Waals surface area contributed by atoms with Gasteiger partial charge in [0.05, 0.1) is 6.42 Å². The molecule has 2 fully saturated rings. The van der Waals surface area contributed by atoms with Crippen molar-refractivity contribution < 1.29 is 9.59 Å². The lowest BCUT2D eigenvalue weighted by atomic mass is 10.1. The number of carbonyl (C=O) groups is 2. The van der Waals surface area contributed by atoms with E-state index >= 15 is 0 Å². The van der Waals surface area contributed by atoms with Gasteiger partial charge in [0.25, 0.3) is 0 Å². The summed E-state index contributed by atoms with van der Waals surface area (Å²) in [4.78, 5) is 33.5. The molecule has 3 rings (SSSR count). The molecule has 1 N–H and O–H groups in total. The number of hydrogen-bond acceptors (Lipinski definition) is 4. The molecule has 0 saturated carbocycles. The largest absolute Gasteiger partial charge is 0.339 e. The summed E-state index contributed by atoms with van der Waals surface area (Å²) in [5.74, 6) is 0.141.